The highest BCUT2D eigenvalue weighted by Crippen LogP contribution is 2.27. The number of carboxylic acids is 1. The maximum atomic E-state index is 11.6. The molecule has 5 heteroatoms. The summed E-state index contributed by atoms with van der Waals surface area (Å²) >= 11 is 1.38. The van der Waals surface area contributed by atoms with Crippen LogP contribution in [0.3, 0.4) is 0 Å². The van der Waals surface area contributed by atoms with Crippen LogP contribution in [0.5, 0.6) is 0 Å². The number of pyridine rings is 1. The molecule has 0 saturated heterocycles. The number of unbranched alkanes of at least 4 members (excludes halogenated alkanes) is 2. The number of hydrogen-bond acceptors (Lipinski definition) is 3. The summed E-state index contributed by atoms with van der Waals surface area (Å²) in [4.78, 5) is 25.2. The maximum Gasteiger partial charge on any atom is 0.338 e. The zero-order valence-corrected chi connectivity index (χ0v) is 11.0. The summed E-state index contributed by atoms with van der Waals surface area (Å²) in [7, 11) is 0. The van der Waals surface area contributed by atoms with Crippen molar-refractivity contribution in [3.8, 4) is 0 Å². The van der Waals surface area contributed by atoms with E-state index in [2.05, 4.69) is 11.9 Å². The Bertz CT molecular complexity index is 627. The number of aromatic carboxylic acids is 1. The molecule has 0 amide bonds. The molecule has 2 aromatic rings. The van der Waals surface area contributed by atoms with Crippen LogP contribution in [0.4, 0.5) is 0 Å². The number of H-pyrrole nitrogens is 1. The quantitative estimate of drug-likeness (QED) is 0.816. The van der Waals surface area contributed by atoms with Gasteiger partial charge >= 0.3 is 5.97 Å². The molecular weight excluding hydrogens is 250 g/mol. The summed E-state index contributed by atoms with van der Waals surface area (Å²) in [6.07, 6.45) is 4.09. The van der Waals surface area contributed by atoms with Gasteiger partial charge in [-0.3, -0.25) is 4.79 Å². The fourth-order valence-corrected chi connectivity index (χ4v) is 3.06. The number of carbonyl (C=O) groups is 1. The predicted octanol–water partition coefficient (Wildman–Crippen LogP) is 3.02. The lowest BCUT2D eigenvalue weighted by atomic mass is 10.1. The van der Waals surface area contributed by atoms with Crippen LogP contribution in [0, 0.1) is 0 Å². The Morgan fingerprint density at radius 1 is 1.44 bits per heavy atom. The van der Waals surface area contributed by atoms with E-state index >= 15 is 0 Å². The van der Waals surface area contributed by atoms with E-state index in [1.165, 1.54) is 11.3 Å². The lowest BCUT2D eigenvalue weighted by molar-refractivity contribution is 0.0699. The molecule has 2 N–H and O–H groups in total. The summed E-state index contributed by atoms with van der Waals surface area (Å²) < 4.78 is 0.892. The molecule has 96 valence electrons. The number of nitrogens with one attached hydrogen (secondary N) is 1. The minimum absolute atomic E-state index is 0.185. The fraction of sp³-hybridized carbons (Fsp3) is 0.385. The second-order valence-electron chi connectivity index (χ2n) is 4.27. The van der Waals surface area contributed by atoms with Crippen LogP contribution in [0.25, 0.3) is 10.2 Å². The van der Waals surface area contributed by atoms with Gasteiger partial charge in [-0.15, -0.1) is 11.3 Å². The van der Waals surface area contributed by atoms with Gasteiger partial charge in [0.15, 0.2) is 0 Å². The Kier molecular flexibility index (Phi) is 3.81. The van der Waals surface area contributed by atoms with Gasteiger partial charge in [-0.25, -0.2) is 4.79 Å². The van der Waals surface area contributed by atoms with E-state index in [-0.39, 0.29) is 11.1 Å². The van der Waals surface area contributed by atoms with E-state index in [9.17, 15) is 9.59 Å². The number of rotatable bonds is 5. The molecule has 0 atom stereocenters. The molecule has 0 aliphatic rings. The molecule has 0 unspecified atom stereocenters. The zero-order chi connectivity index (χ0) is 13.1. The third-order valence-electron chi connectivity index (χ3n) is 2.92. The van der Waals surface area contributed by atoms with E-state index in [0.717, 1.165) is 35.9 Å². The van der Waals surface area contributed by atoms with Gasteiger partial charge < -0.3 is 10.1 Å². The molecule has 4 nitrogen and oxygen atoms in total. The average Bonchev–Trinajstić information content (AvgIpc) is 2.72. The van der Waals surface area contributed by atoms with E-state index in [4.69, 9.17) is 5.11 Å². The SMILES string of the molecule is CCCCCc1cc(=O)[nH]c2c(C(=O)O)csc12. The monoisotopic (exact) mass is 265 g/mol. The average molecular weight is 265 g/mol. The highest BCUT2D eigenvalue weighted by Gasteiger charge is 2.14. The number of aryl methyl sites for hydroxylation is 1. The standard InChI is InChI=1S/C13H15NO3S/c1-2-3-4-5-8-6-10(15)14-11-9(13(16)17)7-18-12(8)11/h6-7H,2-5H2,1H3,(H,14,15)(H,16,17). The molecule has 2 heterocycles. The molecule has 0 aliphatic carbocycles. The highest BCUT2D eigenvalue weighted by atomic mass is 32.1. The van der Waals surface area contributed by atoms with Crippen LogP contribution < -0.4 is 5.56 Å². The van der Waals surface area contributed by atoms with Gasteiger partial charge in [0, 0.05) is 11.4 Å². The van der Waals surface area contributed by atoms with Gasteiger partial charge in [-0.1, -0.05) is 19.8 Å². The van der Waals surface area contributed by atoms with Gasteiger partial charge in [0.05, 0.1) is 15.8 Å². The van der Waals surface area contributed by atoms with Crippen LogP contribution in [-0.2, 0) is 6.42 Å². The van der Waals surface area contributed by atoms with E-state index in [0.29, 0.717) is 5.52 Å². The zero-order valence-electron chi connectivity index (χ0n) is 10.2. The minimum atomic E-state index is -0.998. The molecule has 0 aromatic carbocycles. The Labute approximate surface area is 108 Å². The Hall–Kier alpha value is -1.62. The van der Waals surface area contributed by atoms with Crippen molar-refractivity contribution in [2.24, 2.45) is 0 Å². The Morgan fingerprint density at radius 2 is 2.22 bits per heavy atom. The van der Waals surface area contributed by atoms with Crippen LogP contribution >= 0.6 is 11.3 Å². The van der Waals surface area contributed by atoms with Gasteiger partial charge in [0.1, 0.15) is 0 Å². The molecule has 0 saturated carbocycles. The number of fused-ring (bicyclic) bond motifs is 1. The van der Waals surface area contributed by atoms with Crippen LogP contribution in [-0.4, -0.2) is 16.1 Å². The van der Waals surface area contributed by atoms with Crippen molar-refractivity contribution in [3.63, 3.8) is 0 Å². The number of aromatic amines is 1. The smallest absolute Gasteiger partial charge is 0.338 e. The van der Waals surface area contributed by atoms with Crippen molar-refractivity contribution >= 4 is 27.5 Å². The number of aromatic nitrogens is 1. The van der Waals surface area contributed by atoms with Gasteiger partial charge in [0.2, 0.25) is 5.56 Å². The van der Waals surface area contributed by atoms with E-state index < -0.39 is 5.97 Å². The van der Waals surface area contributed by atoms with Crippen molar-refractivity contribution in [3.05, 3.63) is 32.9 Å². The Morgan fingerprint density at radius 3 is 2.89 bits per heavy atom. The molecule has 0 aliphatic heterocycles. The second-order valence-corrected chi connectivity index (χ2v) is 5.15. The molecule has 0 spiro atoms. The van der Waals surface area contributed by atoms with Crippen LogP contribution in [0.2, 0.25) is 0 Å². The number of thiophene rings is 1. The normalized spacial score (nSPS) is 10.9. The maximum absolute atomic E-state index is 11.6. The molecule has 0 radical (unpaired) electrons. The van der Waals surface area contributed by atoms with Gasteiger partial charge in [-0.2, -0.15) is 0 Å². The third kappa shape index (κ3) is 2.46. The first-order chi connectivity index (χ1) is 8.63. The molecule has 0 bridgehead atoms. The van der Waals surface area contributed by atoms with Crippen LogP contribution in [0.1, 0.15) is 42.1 Å². The Balaban J connectivity index is 2.47. The van der Waals surface area contributed by atoms with Crippen molar-refractivity contribution in [1.29, 1.82) is 0 Å². The van der Waals surface area contributed by atoms with E-state index in [1.807, 2.05) is 0 Å². The fourth-order valence-electron chi connectivity index (χ4n) is 2.01. The first kappa shape index (κ1) is 12.8. The molecule has 0 fully saturated rings. The highest BCUT2D eigenvalue weighted by molar-refractivity contribution is 7.17. The molecular formula is C13H15NO3S. The van der Waals surface area contributed by atoms with Gasteiger partial charge in [-0.05, 0) is 18.4 Å². The molecule has 2 rings (SSSR count). The van der Waals surface area contributed by atoms with Crippen molar-refractivity contribution in [1.82, 2.24) is 4.98 Å². The lowest BCUT2D eigenvalue weighted by Gasteiger charge is -2.02. The van der Waals surface area contributed by atoms with Crippen molar-refractivity contribution in [2.45, 2.75) is 32.6 Å². The first-order valence-corrected chi connectivity index (χ1v) is 6.88. The summed E-state index contributed by atoms with van der Waals surface area (Å²) in [5.74, 6) is -0.998. The molecule has 18 heavy (non-hydrogen) atoms. The van der Waals surface area contributed by atoms with Crippen molar-refractivity contribution in [2.75, 3.05) is 0 Å². The summed E-state index contributed by atoms with van der Waals surface area (Å²) in [5, 5.41) is 10.6. The topological polar surface area (TPSA) is 70.2 Å². The molecule has 2 aromatic heterocycles. The predicted molar refractivity (Wildman–Crippen MR) is 72.6 cm³/mol. The summed E-state index contributed by atoms with van der Waals surface area (Å²) in [6.45, 7) is 2.13. The minimum Gasteiger partial charge on any atom is -0.478 e. The summed E-state index contributed by atoms with van der Waals surface area (Å²) in [5.41, 5.74) is 1.38. The third-order valence-corrected chi connectivity index (χ3v) is 3.97. The first-order valence-electron chi connectivity index (χ1n) is 6.00. The van der Waals surface area contributed by atoms with E-state index in [1.54, 1.807) is 11.4 Å². The lowest BCUT2D eigenvalue weighted by Crippen LogP contribution is -2.07. The van der Waals surface area contributed by atoms with Crippen molar-refractivity contribution < 1.29 is 9.90 Å². The second kappa shape index (κ2) is 5.35. The number of hydrogen-bond donors (Lipinski definition) is 2. The largest absolute Gasteiger partial charge is 0.478 e. The summed E-state index contributed by atoms with van der Waals surface area (Å²) in [6, 6.07) is 1.58. The number of carboxylic acid groups (broad SMARTS) is 1. The van der Waals surface area contributed by atoms with Crippen LogP contribution in [0.15, 0.2) is 16.2 Å². The van der Waals surface area contributed by atoms with Gasteiger partial charge in [0.25, 0.3) is 0 Å².